The summed E-state index contributed by atoms with van der Waals surface area (Å²) in [6, 6.07) is 0. The SMILES string of the molecule is CCCn1nc(C)c([N+](=O)[O-])c1C(C)C(C)Cl. The summed E-state index contributed by atoms with van der Waals surface area (Å²) in [5, 5.41) is 15.2. The molecule has 0 saturated heterocycles. The Labute approximate surface area is 106 Å². The molecule has 0 bridgehead atoms. The quantitative estimate of drug-likeness (QED) is 0.463. The molecule has 6 heteroatoms. The maximum Gasteiger partial charge on any atom is 0.313 e. The molecule has 0 radical (unpaired) electrons. The van der Waals surface area contributed by atoms with Gasteiger partial charge in [-0.25, -0.2) is 0 Å². The number of nitro groups is 1. The Morgan fingerprint density at radius 1 is 1.53 bits per heavy atom. The van der Waals surface area contributed by atoms with Crippen molar-refractivity contribution in [3.05, 3.63) is 21.5 Å². The zero-order valence-electron chi connectivity index (χ0n) is 10.6. The summed E-state index contributed by atoms with van der Waals surface area (Å²) < 4.78 is 1.72. The van der Waals surface area contributed by atoms with Crippen LogP contribution in [0, 0.1) is 17.0 Å². The molecule has 0 aliphatic rings. The van der Waals surface area contributed by atoms with Crippen LogP contribution >= 0.6 is 11.6 Å². The molecule has 0 aliphatic heterocycles. The molecule has 1 heterocycles. The Kier molecular flexibility index (Phi) is 4.51. The van der Waals surface area contributed by atoms with E-state index in [1.54, 1.807) is 11.6 Å². The van der Waals surface area contributed by atoms with Crippen LogP contribution in [0.3, 0.4) is 0 Å². The van der Waals surface area contributed by atoms with E-state index in [0.717, 1.165) is 6.42 Å². The summed E-state index contributed by atoms with van der Waals surface area (Å²) in [5.41, 5.74) is 1.21. The number of nitrogens with zero attached hydrogens (tertiary/aromatic N) is 3. The van der Waals surface area contributed by atoms with Gasteiger partial charge in [-0.3, -0.25) is 14.8 Å². The molecule has 1 aromatic rings. The minimum Gasteiger partial charge on any atom is -0.262 e. The first kappa shape index (κ1) is 14.0. The van der Waals surface area contributed by atoms with Gasteiger partial charge in [0, 0.05) is 17.8 Å². The maximum absolute atomic E-state index is 11.1. The molecule has 0 saturated carbocycles. The molecule has 0 fully saturated rings. The molecule has 2 atom stereocenters. The summed E-state index contributed by atoms with van der Waals surface area (Å²) in [5.74, 6) is -0.0928. The van der Waals surface area contributed by atoms with Crippen molar-refractivity contribution in [3.8, 4) is 0 Å². The largest absolute Gasteiger partial charge is 0.313 e. The van der Waals surface area contributed by atoms with Gasteiger partial charge in [0.05, 0.1) is 4.92 Å². The number of hydrogen-bond acceptors (Lipinski definition) is 3. The number of aryl methyl sites for hydroxylation is 2. The predicted octanol–water partition coefficient (Wildman–Crippen LogP) is 3.24. The van der Waals surface area contributed by atoms with Crippen molar-refractivity contribution in [1.82, 2.24) is 9.78 Å². The van der Waals surface area contributed by atoms with E-state index in [9.17, 15) is 10.1 Å². The van der Waals surface area contributed by atoms with Crippen LogP contribution in [0.4, 0.5) is 5.69 Å². The highest BCUT2D eigenvalue weighted by Crippen LogP contribution is 2.33. The number of halogens is 1. The first-order valence-corrected chi connectivity index (χ1v) is 6.19. The molecule has 1 aromatic heterocycles. The smallest absolute Gasteiger partial charge is 0.262 e. The number of alkyl halides is 1. The first-order valence-electron chi connectivity index (χ1n) is 5.75. The van der Waals surface area contributed by atoms with Crippen LogP contribution in [0.1, 0.15) is 44.5 Å². The maximum atomic E-state index is 11.1. The van der Waals surface area contributed by atoms with Crippen molar-refractivity contribution >= 4 is 17.3 Å². The summed E-state index contributed by atoms with van der Waals surface area (Å²) in [6.07, 6.45) is 0.884. The third kappa shape index (κ3) is 2.77. The van der Waals surface area contributed by atoms with Gasteiger partial charge in [0.2, 0.25) is 0 Å². The molecular formula is C11H18ClN3O2. The fourth-order valence-electron chi connectivity index (χ4n) is 1.87. The predicted molar refractivity (Wildman–Crippen MR) is 67.6 cm³/mol. The Bertz CT molecular complexity index is 415. The van der Waals surface area contributed by atoms with Crippen molar-refractivity contribution in [2.75, 3.05) is 0 Å². The van der Waals surface area contributed by atoms with Gasteiger partial charge < -0.3 is 0 Å². The lowest BCUT2D eigenvalue weighted by molar-refractivity contribution is -0.386. The van der Waals surface area contributed by atoms with Crippen LogP contribution in [0.2, 0.25) is 0 Å². The Balaban J connectivity index is 3.34. The van der Waals surface area contributed by atoms with Gasteiger partial charge in [-0.05, 0) is 20.3 Å². The Hall–Kier alpha value is -1.10. The van der Waals surface area contributed by atoms with Crippen molar-refractivity contribution in [2.24, 2.45) is 0 Å². The lowest BCUT2D eigenvalue weighted by Gasteiger charge is -2.15. The molecule has 0 N–H and O–H groups in total. The number of aromatic nitrogens is 2. The molecule has 0 spiro atoms. The minimum atomic E-state index is -0.362. The molecular weight excluding hydrogens is 242 g/mol. The van der Waals surface area contributed by atoms with E-state index in [1.807, 2.05) is 20.8 Å². The van der Waals surface area contributed by atoms with E-state index < -0.39 is 0 Å². The van der Waals surface area contributed by atoms with Gasteiger partial charge in [-0.15, -0.1) is 11.6 Å². The van der Waals surface area contributed by atoms with Crippen LogP contribution in [0.25, 0.3) is 0 Å². The summed E-state index contributed by atoms with van der Waals surface area (Å²) >= 11 is 6.06. The van der Waals surface area contributed by atoms with E-state index in [4.69, 9.17) is 11.6 Å². The average molecular weight is 260 g/mol. The molecule has 0 aliphatic carbocycles. The van der Waals surface area contributed by atoms with E-state index in [-0.39, 0.29) is 21.9 Å². The molecule has 0 amide bonds. The standard InChI is InChI=1S/C11H18ClN3O2/c1-5-6-14-10(7(2)8(3)12)11(15(16)17)9(4)13-14/h7-8H,5-6H2,1-4H3. The van der Waals surface area contributed by atoms with E-state index in [2.05, 4.69) is 5.10 Å². The average Bonchev–Trinajstić information content (AvgIpc) is 2.54. The van der Waals surface area contributed by atoms with Crippen LogP contribution in [-0.4, -0.2) is 20.1 Å². The molecule has 2 unspecified atom stereocenters. The molecule has 1 rings (SSSR count). The summed E-state index contributed by atoms with van der Waals surface area (Å²) in [7, 11) is 0. The van der Waals surface area contributed by atoms with Gasteiger partial charge in [0.15, 0.2) is 0 Å². The Morgan fingerprint density at radius 2 is 2.12 bits per heavy atom. The zero-order valence-corrected chi connectivity index (χ0v) is 11.4. The van der Waals surface area contributed by atoms with Gasteiger partial charge in [-0.1, -0.05) is 13.8 Å². The second kappa shape index (κ2) is 5.49. The van der Waals surface area contributed by atoms with Gasteiger partial charge in [0.25, 0.3) is 0 Å². The monoisotopic (exact) mass is 259 g/mol. The second-order valence-electron chi connectivity index (χ2n) is 4.27. The fraction of sp³-hybridized carbons (Fsp3) is 0.727. The Morgan fingerprint density at radius 3 is 2.53 bits per heavy atom. The molecule has 5 nitrogen and oxygen atoms in total. The van der Waals surface area contributed by atoms with Crippen LogP contribution in [0.5, 0.6) is 0 Å². The second-order valence-corrected chi connectivity index (χ2v) is 4.95. The van der Waals surface area contributed by atoms with E-state index in [1.165, 1.54) is 0 Å². The van der Waals surface area contributed by atoms with Crippen molar-refractivity contribution in [1.29, 1.82) is 0 Å². The summed E-state index contributed by atoms with van der Waals surface area (Å²) in [4.78, 5) is 10.7. The highest BCUT2D eigenvalue weighted by Gasteiger charge is 2.30. The normalized spacial score (nSPS) is 14.6. The molecule has 0 aromatic carbocycles. The number of hydrogen-bond donors (Lipinski definition) is 0. The minimum absolute atomic E-state index is 0.0928. The van der Waals surface area contributed by atoms with Gasteiger partial charge in [0.1, 0.15) is 11.4 Å². The van der Waals surface area contributed by atoms with Crippen molar-refractivity contribution in [2.45, 2.75) is 52.0 Å². The van der Waals surface area contributed by atoms with Crippen LogP contribution < -0.4 is 0 Å². The van der Waals surface area contributed by atoms with E-state index >= 15 is 0 Å². The summed E-state index contributed by atoms with van der Waals surface area (Å²) in [6.45, 7) is 8.10. The molecule has 96 valence electrons. The lowest BCUT2D eigenvalue weighted by Crippen LogP contribution is -2.14. The zero-order chi connectivity index (χ0) is 13.2. The topological polar surface area (TPSA) is 61.0 Å². The third-order valence-electron chi connectivity index (χ3n) is 2.87. The van der Waals surface area contributed by atoms with Crippen LogP contribution in [-0.2, 0) is 6.54 Å². The third-order valence-corrected chi connectivity index (χ3v) is 3.25. The lowest BCUT2D eigenvalue weighted by atomic mass is 10.0. The number of rotatable bonds is 5. The first-order chi connectivity index (χ1) is 7.90. The van der Waals surface area contributed by atoms with Gasteiger partial charge in [-0.2, -0.15) is 5.10 Å². The van der Waals surface area contributed by atoms with Crippen molar-refractivity contribution in [3.63, 3.8) is 0 Å². The highest BCUT2D eigenvalue weighted by atomic mass is 35.5. The fourth-order valence-corrected chi connectivity index (χ4v) is 1.99. The molecule has 17 heavy (non-hydrogen) atoms. The highest BCUT2D eigenvalue weighted by molar-refractivity contribution is 6.20. The van der Waals surface area contributed by atoms with Crippen molar-refractivity contribution < 1.29 is 4.92 Å². The van der Waals surface area contributed by atoms with E-state index in [0.29, 0.717) is 17.9 Å². The van der Waals surface area contributed by atoms with Crippen LogP contribution in [0.15, 0.2) is 0 Å². The van der Waals surface area contributed by atoms with Gasteiger partial charge >= 0.3 is 5.69 Å².